The number of nitrogens with two attached hydrogens (primary N) is 1. The molecule has 0 amide bonds. The van der Waals surface area contributed by atoms with Gasteiger partial charge in [0.05, 0.1) is 6.61 Å². The highest BCUT2D eigenvalue weighted by Crippen LogP contribution is 2.13. The molecule has 0 heterocycles. The van der Waals surface area contributed by atoms with Gasteiger partial charge in [-0.3, -0.25) is 10.2 Å². The molecule has 0 atom stereocenters. The fourth-order valence-corrected chi connectivity index (χ4v) is 1.83. The number of benzene rings is 1. The van der Waals surface area contributed by atoms with Crippen molar-refractivity contribution in [3.8, 4) is 5.75 Å². The average molecular weight is 278 g/mol. The van der Waals surface area contributed by atoms with E-state index in [0.29, 0.717) is 12.2 Å². The molecule has 0 aliphatic rings. The summed E-state index contributed by atoms with van der Waals surface area (Å²) < 4.78 is 5.58. The molecule has 0 fully saturated rings. The van der Waals surface area contributed by atoms with Crippen molar-refractivity contribution in [2.75, 3.05) is 6.61 Å². The number of unbranched alkanes of at least 4 members (excludes halogenated alkanes) is 4. The molecule has 4 N–H and O–H groups in total. The van der Waals surface area contributed by atoms with Crippen LogP contribution >= 0.6 is 0 Å². The summed E-state index contributed by atoms with van der Waals surface area (Å²) in [5, 5.41) is 15.8. The van der Waals surface area contributed by atoms with Gasteiger partial charge in [-0.05, 0) is 37.1 Å². The lowest BCUT2D eigenvalue weighted by molar-refractivity contribution is -0.137. The minimum Gasteiger partial charge on any atom is -0.494 e. The highest BCUT2D eigenvalue weighted by molar-refractivity contribution is 5.94. The molecule has 1 aromatic carbocycles. The van der Waals surface area contributed by atoms with E-state index in [1.807, 2.05) is 12.1 Å². The predicted molar refractivity (Wildman–Crippen MR) is 78.3 cm³/mol. The molecule has 5 nitrogen and oxygen atoms in total. The second kappa shape index (κ2) is 8.96. The molecule has 0 spiro atoms. The Morgan fingerprint density at radius 3 is 2.30 bits per heavy atom. The number of hydrogen-bond acceptors (Lipinski definition) is 3. The highest BCUT2D eigenvalue weighted by atomic mass is 16.5. The van der Waals surface area contributed by atoms with Crippen LogP contribution in [0.1, 0.15) is 44.1 Å². The zero-order chi connectivity index (χ0) is 14.8. The summed E-state index contributed by atoms with van der Waals surface area (Å²) >= 11 is 0. The van der Waals surface area contributed by atoms with Gasteiger partial charge in [-0.2, -0.15) is 0 Å². The van der Waals surface area contributed by atoms with Crippen molar-refractivity contribution in [2.24, 2.45) is 5.73 Å². The first kappa shape index (κ1) is 16.0. The third kappa shape index (κ3) is 6.78. The van der Waals surface area contributed by atoms with Gasteiger partial charge < -0.3 is 15.6 Å². The van der Waals surface area contributed by atoms with Gasteiger partial charge in [-0.15, -0.1) is 0 Å². The van der Waals surface area contributed by atoms with E-state index in [2.05, 4.69) is 0 Å². The van der Waals surface area contributed by atoms with Crippen LogP contribution in [0.25, 0.3) is 0 Å². The summed E-state index contributed by atoms with van der Waals surface area (Å²) in [6.45, 7) is 0.651. The first-order valence-electron chi connectivity index (χ1n) is 6.88. The molecule has 0 saturated carbocycles. The molecule has 0 aromatic heterocycles. The van der Waals surface area contributed by atoms with Crippen molar-refractivity contribution < 1.29 is 14.6 Å². The van der Waals surface area contributed by atoms with Crippen molar-refractivity contribution in [3.63, 3.8) is 0 Å². The van der Waals surface area contributed by atoms with Crippen LogP contribution in [0, 0.1) is 5.41 Å². The van der Waals surface area contributed by atoms with Crippen LogP contribution in [-0.2, 0) is 4.79 Å². The van der Waals surface area contributed by atoms with Crippen molar-refractivity contribution in [1.29, 1.82) is 5.41 Å². The van der Waals surface area contributed by atoms with E-state index in [1.165, 1.54) is 0 Å². The second-order valence-corrected chi connectivity index (χ2v) is 4.70. The summed E-state index contributed by atoms with van der Waals surface area (Å²) in [6.07, 6.45) is 5.02. The standard InChI is InChI=1S/C15H22N2O3/c16-15(17)12-7-9-13(10-8-12)20-11-5-3-1-2-4-6-14(18)19/h7-10H,1-6,11H2,(H3,16,17)(H,18,19). The average Bonchev–Trinajstić information content (AvgIpc) is 2.42. The van der Waals surface area contributed by atoms with E-state index in [9.17, 15) is 4.79 Å². The van der Waals surface area contributed by atoms with Crippen LogP contribution in [0.4, 0.5) is 0 Å². The lowest BCUT2D eigenvalue weighted by Gasteiger charge is -2.06. The van der Waals surface area contributed by atoms with Crippen LogP contribution in [0.2, 0.25) is 0 Å². The van der Waals surface area contributed by atoms with Crippen LogP contribution in [0.5, 0.6) is 5.75 Å². The van der Waals surface area contributed by atoms with Gasteiger partial charge in [0.25, 0.3) is 0 Å². The quantitative estimate of drug-likeness (QED) is 0.348. The van der Waals surface area contributed by atoms with Crippen LogP contribution in [-0.4, -0.2) is 23.5 Å². The summed E-state index contributed by atoms with van der Waals surface area (Å²) in [4.78, 5) is 10.3. The van der Waals surface area contributed by atoms with Crippen LogP contribution < -0.4 is 10.5 Å². The molecule has 0 unspecified atom stereocenters. The molecular formula is C15H22N2O3. The number of amidine groups is 1. The largest absolute Gasteiger partial charge is 0.494 e. The third-order valence-electron chi connectivity index (χ3n) is 2.97. The monoisotopic (exact) mass is 278 g/mol. The number of carboxylic acids is 1. The lowest BCUT2D eigenvalue weighted by atomic mass is 10.1. The number of hydrogen-bond donors (Lipinski definition) is 3. The number of carbonyl (C=O) groups is 1. The molecule has 5 heteroatoms. The molecule has 0 radical (unpaired) electrons. The summed E-state index contributed by atoms with van der Waals surface area (Å²) in [6, 6.07) is 7.15. The number of rotatable bonds is 10. The number of ether oxygens (including phenoxy) is 1. The predicted octanol–water partition coefficient (Wildman–Crippen LogP) is 2.77. The normalized spacial score (nSPS) is 10.2. The van der Waals surface area contributed by atoms with Crippen LogP contribution in [0.15, 0.2) is 24.3 Å². The van der Waals surface area contributed by atoms with Gasteiger partial charge in [0.1, 0.15) is 11.6 Å². The SMILES string of the molecule is N=C(N)c1ccc(OCCCCCCCC(=O)O)cc1. The van der Waals surface area contributed by atoms with E-state index in [1.54, 1.807) is 12.1 Å². The molecule has 0 aliphatic carbocycles. The van der Waals surface area contributed by atoms with Crippen LogP contribution in [0.3, 0.4) is 0 Å². The number of carboxylic acid groups (broad SMARTS) is 1. The molecule has 1 rings (SSSR count). The minimum absolute atomic E-state index is 0.0536. The van der Waals surface area contributed by atoms with E-state index < -0.39 is 5.97 Å². The summed E-state index contributed by atoms with van der Waals surface area (Å²) in [7, 11) is 0. The van der Waals surface area contributed by atoms with Gasteiger partial charge in [-0.25, -0.2) is 0 Å². The van der Waals surface area contributed by atoms with E-state index in [-0.39, 0.29) is 12.3 Å². The fourth-order valence-electron chi connectivity index (χ4n) is 1.83. The van der Waals surface area contributed by atoms with Gasteiger partial charge >= 0.3 is 5.97 Å². The Bertz CT molecular complexity index is 429. The Balaban J connectivity index is 2.06. The van der Waals surface area contributed by atoms with E-state index >= 15 is 0 Å². The third-order valence-corrected chi connectivity index (χ3v) is 2.97. The molecular weight excluding hydrogens is 256 g/mol. The zero-order valence-electron chi connectivity index (χ0n) is 11.6. The van der Waals surface area contributed by atoms with Crippen molar-refractivity contribution in [3.05, 3.63) is 29.8 Å². The highest BCUT2D eigenvalue weighted by Gasteiger charge is 1.99. The van der Waals surface area contributed by atoms with E-state index in [4.69, 9.17) is 21.0 Å². The molecule has 0 bridgehead atoms. The Morgan fingerprint density at radius 1 is 1.10 bits per heavy atom. The molecule has 110 valence electrons. The maximum absolute atomic E-state index is 10.3. The van der Waals surface area contributed by atoms with Gasteiger partial charge in [0.15, 0.2) is 0 Å². The van der Waals surface area contributed by atoms with Gasteiger partial charge in [0, 0.05) is 12.0 Å². The Kier molecular flexibility index (Phi) is 7.17. The number of nitrogen functional groups attached to an aromatic ring is 1. The first-order chi connectivity index (χ1) is 9.59. The Morgan fingerprint density at radius 2 is 1.70 bits per heavy atom. The Hall–Kier alpha value is -2.04. The van der Waals surface area contributed by atoms with Crippen molar-refractivity contribution >= 4 is 11.8 Å². The Labute approximate surface area is 119 Å². The zero-order valence-corrected chi connectivity index (χ0v) is 11.6. The summed E-state index contributed by atoms with van der Waals surface area (Å²) in [5.41, 5.74) is 6.06. The molecule has 20 heavy (non-hydrogen) atoms. The maximum Gasteiger partial charge on any atom is 0.303 e. The first-order valence-corrected chi connectivity index (χ1v) is 6.88. The second-order valence-electron chi connectivity index (χ2n) is 4.70. The lowest BCUT2D eigenvalue weighted by Crippen LogP contribution is -2.10. The number of aliphatic carboxylic acids is 1. The van der Waals surface area contributed by atoms with Gasteiger partial charge in [0.2, 0.25) is 0 Å². The van der Waals surface area contributed by atoms with Crippen molar-refractivity contribution in [1.82, 2.24) is 0 Å². The molecule has 0 saturated heterocycles. The van der Waals surface area contributed by atoms with E-state index in [0.717, 1.165) is 37.9 Å². The molecule has 1 aromatic rings. The number of nitrogens with one attached hydrogen (secondary N) is 1. The fraction of sp³-hybridized carbons (Fsp3) is 0.467. The smallest absolute Gasteiger partial charge is 0.303 e. The van der Waals surface area contributed by atoms with Gasteiger partial charge in [-0.1, -0.05) is 19.3 Å². The maximum atomic E-state index is 10.3. The molecule has 0 aliphatic heterocycles. The topological polar surface area (TPSA) is 96.4 Å². The van der Waals surface area contributed by atoms with Crippen molar-refractivity contribution in [2.45, 2.75) is 38.5 Å². The summed E-state index contributed by atoms with van der Waals surface area (Å²) in [5.74, 6) is 0.112. The minimum atomic E-state index is -0.720.